The maximum absolute atomic E-state index is 12.3. The molecule has 1 heterocycles. The Bertz CT molecular complexity index is 762. The maximum atomic E-state index is 12.3. The predicted octanol–water partition coefficient (Wildman–Crippen LogP) is 3.69. The fourth-order valence-electron chi connectivity index (χ4n) is 3.00. The molecular formula is C23H27NO4. The fraction of sp³-hybridized carbons (Fsp3) is 0.348. The SMILES string of the molecule is COc1ccc(C=CC(=O)c2ccc(OCCCN3CCOCC3)cc2)cc1. The number of ether oxygens (including phenoxy) is 3. The monoisotopic (exact) mass is 381 g/mol. The van der Waals surface area contributed by atoms with Crippen molar-refractivity contribution in [3.8, 4) is 11.5 Å². The molecule has 3 rings (SSSR count). The Morgan fingerprint density at radius 1 is 1.04 bits per heavy atom. The predicted molar refractivity (Wildman–Crippen MR) is 110 cm³/mol. The van der Waals surface area contributed by atoms with Crippen molar-refractivity contribution >= 4 is 11.9 Å². The highest BCUT2D eigenvalue weighted by Gasteiger charge is 2.09. The Balaban J connectivity index is 1.43. The topological polar surface area (TPSA) is 48.0 Å². The van der Waals surface area contributed by atoms with Crippen LogP contribution in [0.3, 0.4) is 0 Å². The lowest BCUT2D eigenvalue weighted by Gasteiger charge is -2.26. The molecule has 0 saturated carbocycles. The third kappa shape index (κ3) is 6.22. The van der Waals surface area contributed by atoms with Crippen LogP contribution in [0.2, 0.25) is 0 Å². The number of ketones is 1. The zero-order chi connectivity index (χ0) is 19.6. The molecule has 1 saturated heterocycles. The zero-order valence-electron chi connectivity index (χ0n) is 16.3. The van der Waals surface area contributed by atoms with E-state index in [9.17, 15) is 4.79 Å². The van der Waals surface area contributed by atoms with E-state index >= 15 is 0 Å². The van der Waals surface area contributed by atoms with Crippen LogP contribution in [0.25, 0.3) is 6.08 Å². The van der Waals surface area contributed by atoms with E-state index in [4.69, 9.17) is 14.2 Å². The Kier molecular flexibility index (Phi) is 7.64. The molecule has 0 spiro atoms. The number of morpholine rings is 1. The van der Waals surface area contributed by atoms with Crippen LogP contribution in [0, 0.1) is 0 Å². The maximum Gasteiger partial charge on any atom is 0.185 e. The molecule has 0 radical (unpaired) electrons. The molecule has 28 heavy (non-hydrogen) atoms. The molecule has 2 aromatic rings. The summed E-state index contributed by atoms with van der Waals surface area (Å²) in [5.41, 5.74) is 1.60. The van der Waals surface area contributed by atoms with Crippen LogP contribution in [0.1, 0.15) is 22.3 Å². The van der Waals surface area contributed by atoms with Gasteiger partial charge < -0.3 is 14.2 Å². The second-order valence-corrected chi connectivity index (χ2v) is 6.65. The highest BCUT2D eigenvalue weighted by molar-refractivity contribution is 6.06. The Hall–Kier alpha value is -2.63. The van der Waals surface area contributed by atoms with E-state index < -0.39 is 0 Å². The molecule has 0 bridgehead atoms. The van der Waals surface area contributed by atoms with Gasteiger partial charge in [-0.15, -0.1) is 0 Å². The molecule has 2 aromatic carbocycles. The number of hydrogen-bond donors (Lipinski definition) is 0. The average Bonchev–Trinajstić information content (AvgIpc) is 2.76. The van der Waals surface area contributed by atoms with Gasteiger partial charge in [0.15, 0.2) is 5.78 Å². The number of rotatable bonds is 9. The summed E-state index contributed by atoms with van der Waals surface area (Å²) in [6.45, 7) is 5.34. The lowest BCUT2D eigenvalue weighted by atomic mass is 10.1. The summed E-state index contributed by atoms with van der Waals surface area (Å²) < 4.78 is 16.3. The van der Waals surface area contributed by atoms with Gasteiger partial charge in [0.25, 0.3) is 0 Å². The van der Waals surface area contributed by atoms with Gasteiger partial charge in [-0.05, 0) is 54.5 Å². The Morgan fingerprint density at radius 3 is 2.39 bits per heavy atom. The molecule has 5 heteroatoms. The van der Waals surface area contributed by atoms with Gasteiger partial charge in [0, 0.05) is 25.2 Å². The summed E-state index contributed by atoms with van der Waals surface area (Å²) in [5.74, 6) is 1.55. The normalized spacial score (nSPS) is 14.9. The summed E-state index contributed by atoms with van der Waals surface area (Å²) in [6.07, 6.45) is 4.36. The van der Waals surface area contributed by atoms with Crippen molar-refractivity contribution in [2.75, 3.05) is 46.6 Å². The molecule has 0 unspecified atom stereocenters. The van der Waals surface area contributed by atoms with Crippen LogP contribution in [-0.2, 0) is 4.74 Å². The minimum Gasteiger partial charge on any atom is -0.497 e. The molecule has 0 amide bonds. The van der Waals surface area contributed by atoms with Crippen LogP contribution >= 0.6 is 0 Å². The first-order chi connectivity index (χ1) is 13.7. The van der Waals surface area contributed by atoms with Crippen molar-refractivity contribution in [2.24, 2.45) is 0 Å². The number of carbonyl (C=O) groups is 1. The van der Waals surface area contributed by atoms with Gasteiger partial charge in [0.05, 0.1) is 26.9 Å². The molecule has 148 valence electrons. The Labute approximate surface area is 166 Å². The van der Waals surface area contributed by atoms with E-state index in [2.05, 4.69) is 4.90 Å². The van der Waals surface area contributed by atoms with Gasteiger partial charge >= 0.3 is 0 Å². The molecule has 0 aromatic heterocycles. The highest BCUT2D eigenvalue weighted by atomic mass is 16.5. The molecule has 5 nitrogen and oxygen atoms in total. The third-order valence-corrected chi connectivity index (χ3v) is 4.67. The molecule has 1 aliphatic rings. The molecule has 0 N–H and O–H groups in total. The van der Waals surface area contributed by atoms with E-state index in [0.717, 1.165) is 56.3 Å². The van der Waals surface area contributed by atoms with E-state index in [1.807, 2.05) is 36.4 Å². The summed E-state index contributed by atoms with van der Waals surface area (Å²) >= 11 is 0. The van der Waals surface area contributed by atoms with Gasteiger partial charge in [0.1, 0.15) is 11.5 Å². The van der Waals surface area contributed by atoms with Crippen LogP contribution < -0.4 is 9.47 Å². The first kappa shape index (κ1) is 20.1. The first-order valence-electron chi connectivity index (χ1n) is 9.64. The zero-order valence-corrected chi connectivity index (χ0v) is 16.3. The third-order valence-electron chi connectivity index (χ3n) is 4.67. The van der Waals surface area contributed by atoms with E-state index in [1.54, 1.807) is 31.4 Å². The summed E-state index contributed by atoms with van der Waals surface area (Å²) in [6, 6.07) is 14.9. The summed E-state index contributed by atoms with van der Waals surface area (Å²) in [5, 5.41) is 0. The first-order valence-corrected chi connectivity index (χ1v) is 9.64. The van der Waals surface area contributed by atoms with Crippen molar-refractivity contribution in [2.45, 2.75) is 6.42 Å². The largest absolute Gasteiger partial charge is 0.497 e. The lowest BCUT2D eigenvalue weighted by Crippen LogP contribution is -2.37. The number of carbonyl (C=O) groups excluding carboxylic acids is 1. The smallest absolute Gasteiger partial charge is 0.185 e. The van der Waals surface area contributed by atoms with Crippen molar-refractivity contribution in [1.82, 2.24) is 4.90 Å². The number of allylic oxidation sites excluding steroid dienone is 1. The van der Waals surface area contributed by atoms with Crippen LogP contribution in [-0.4, -0.2) is 57.2 Å². The average molecular weight is 381 g/mol. The summed E-state index contributed by atoms with van der Waals surface area (Å²) in [4.78, 5) is 14.7. The fourth-order valence-corrected chi connectivity index (χ4v) is 3.00. The number of hydrogen-bond acceptors (Lipinski definition) is 5. The molecule has 1 aliphatic heterocycles. The van der Waals surface area contributed by atoms with Gasteiger partial charge in [-0.1, -0.05) is 18.2 Å². The van der Waals surface area contributed by atoms with E-state index in [0.29, 0.717) is 12.2 Å². The van der Waals surface area contributed by atoms with Crippen molar-refractivity contribution in [1.29, 1.82) is 0 Å². The van der Waals surface area contributed by atoms with Crippen LogP contribution in [0.5, 0.6) is 11.5 Å². The number of methoxy groups -OCH3 is 1. The highest BCUT2D eigenvalue weighted by Crippen LogP contribution is 2.15. The van der Waals surface area contributed by atoms with Crippen molar-refractivity contribution in [3.05, 3.63) is 65.7 Å². The summed E-state index contributed by atoms with van der Waals surface area (Å²) in [7, 11) is 1.63. The van der Waals surface area contributed by atoms with Crippen LogP contribution in [0.4, 0.5) is 0 Å². The van der Waals surface area contributed by atoms with Gasteiger partial charge in [-0.3, -0.25) is 9.69 Å². The van der Waals surface area contributed by atoms with Crippen LogP contribution in [0.15, 0.2) is 54.6 Å². The quantitative estimate of drug-likeness (QED) is 0.377. The van der Waals surface area contributed by atoms with Crippen molar-refractivity contribution < 1.29 is 19.0 Å². The minimum absolute atomic E-state index is 0.0327. The van der Waals surface area contributed by atoms with Gasteiger partial charge in [0.2, 0.25) is 0 Å². The number of nitrogens with zero attached hydrogens (tertiary/aromatic N) is 1. The molecule has 1 fully saturated rings. The van der Waals surface area contributed by atoms with Crippen molar-refractivity contribution in [3.63, 3.8) is 0 Å². The molecule has 0 atom stereocenters. The second-order valence-electron chi connectivity index (χ2n) is 6.65. The minimum atomic E-state index is -0.0327. The number of benzene rings is 2. The standard InChI is InChI=1S/C23H27NO4/c1-26-21-8-3-19(4-9-21)5-12-23(25)20-6-10-22(11-7-20)28-16-2-13-24-14-17-27-18-15-24/h3-12H,2,13-18H2,1H3. The van der Waals surface area contributed by atoms with E-state index in [-0.39, 0.29) is 5.78 Å². The lowest BCUT2D eigenvalue weighted by molar-refractivity contribution is 0.0358. The second kappa shape index (κ2) is 10.6. The molecular weight excluding hydrogens is 354 g/mol. The molecule has 0 aliphatic carbocycles. The Morgan fingerprint density at radius 2 is 1.71 bits per heavy atom. The van der Waals surface area contributed by atoms with Gasteiger partial charge in [-0.2, -0.15) is 0 Å². The van der Waals surface area contributed by atoms with Gasteiger partial charge in [-0.25, -0.2) is 0 Å². The van der Waals surface area contributed by atoms with E-state index in [1.165, 1.54) is 0 Å².